The Hall–Kier alpha value is -1.60. The molecule has 1 aromatic carbocycles. The predicted molar refractivity (Wildman–Crippen MR) is 102 cm³/mol. The molecule has 7 heteroatoms. The fraction of sp³-hybridized carbons (Fsp3) is 0.632. The van der Waals surface area contributed by atoms with Crippen molar-refractivity contribution in [3.8, 4) is 5.75 Å². The molecule has 0 aliphatic heterocycles. The van der Waals surface area contributed by atoms with Crippen LogP contribution in [0, 0.1) is 0 Å². The number of amides is 1. The molecule has 2 rings (SSSR count). The van der Waals surface area contributed by atoms with Gasteiger partial charge in [0.2, 0.25) is 10.0 Å². The standard InChI is InChI=1S/C19H30N2O4S/c1-3-15(2)21-26(23,24)18-12-10-17(11-13-18)25-14-19(22)20-16-8-6-4-5-7-9-16/h10-13,15-16,21H,3-9,14H2,1-2H3,(H,20,22). The van der Waals surface area contributed by atoms with Gasteiger partial charge in [0.05, 0.1) is 4.90 Å². The predicted octanol–water partition coefficient (Wildman–Crippen LogP) is 2.98. The van der Waals surface area contributed by atoms with Crippen molar-refractivity contribution in [1.29, 1.82) is 0 Å². The highest BCUT2D eigenvalue weighted by Gasteiger charge is 2.17. The summed E-state index contributed by atoms with van der Waals surface area (Å²) in [4.78, 5) is 12.2. The van der Waals surface area contributed by atoms with Gasteiger partial charge in [0.15, 0.2) is 6.61 Å². The topological polar surface area (TPSA) is 84.5 Å². The Kier molecular flexibility index (Phi) is 7.90. The maximum Gasteiger partial charge on any atom is 0.258 e. The summed E-state index contributed by atoms with van der Waals surface area (Å²) >= 11 is 0. The van der Waals surface area contributed by atoms with Crippen LogP contribution in [-0.2, 0) is 14.8 Å². The molecule has 1 atom stereocenters. The van der Waals surface area contributed by atoms with Crippen LogP contribution in [0.5, 0.6) is 5.75 Å². The van der Waals surface area contributed by atoms with Gasteiger partial charge < -0.3 is 10.1 Å². The zero-order chi connectivity index (χ0) is 19.0. The van der Waals surface area contributed by atoms with Gasteiger partial charge in [0.1, 0.15) is 5.75 Å². The fourth-order valence-electron chi connectivity index (χ4n) is 2.97. The first-order chi connectivity index (χ1) is 12.4. The van der Waals surface area contributed by atoms with E-state index in [4.69, 9.17) is 4.74 Å². The third kappa shape index (κ3) is 6.61. The van der Waals surface area contributed by atoms with Crippen molar-refractivity contribution in [3.63, 3.8) is 0 Å². The van der Waals surface area contributed by atoms with Crippen LogP contribution in [0.25, 0.3) is 0 Å². The number of nitrogens with one attached hydrogen (secondary N) is 2. The molecule has 1 aliphatic rings. The monoisotopic (exact) mass is 382 g/mol. The quantitative estimate of drug-likeness (QED) is 0.677. The van der Waals surface area contributed by atoms with Crippen LogP contribution in [0.3, 0.4) is 0 Å². The molecule has 0 saturated heterocycles. The number of sulfonamides is 1. The van der Waals surface area contributed by atoms with Crippen LogP contribution in [-0.4, -0.2) is 33.0 Å². The average molecular weight is 383 g/mol. The first-order valence-electron chi connectivity index (χ1n) is 9.45. The molecule has 146 valence electrons. The molecule has 0 bridgehead atoms. The normalized spacial score (nSPS) is 17.3. The van der Waals surface area contributed by atoms with Crippen LogP contribution < -0.4 is 14.8 Å². The molecule has 1 aromatic rings. The summed E-state index contributed by atoms with van der Waals surface area (Å²) in [6, 6.07) is 6.25. The van der Waals surface area contributed by atoms with Gasteiger partial charge in [-0.1, -0.05) is 32.6 Å². The van der Waals surface area contributed by atoms with E-state index in [1.165, 1.54) is 25.0 Å². The molecule has 1 amide bonds. The third-order valence-corrected chi connectivity index (χ3v) is 6.30. The van der Waals surface area contributed by atoms with E-state index in [1.807, 2.05) is 13.8 Å². The second kappa shape index (κ2) is 9.92. The van der Waals surface area contributed by atoms with Crippen molar-refractivity contribution in [3.05, 3.63) is 24.3 Å². The van der Waals surface area contributed by atoms with Crippen LogP contribution >= 0.6 is 0 Å². The summed E-state index contributed by atoms with van der Waals surface area (Å²) in [6.45, 7) is 3.68. The zero-order valence-corrected chi connectivity index (χ0v) is 16.5. The lowest BCUT2D eigenvalue weighted by atomic mass is 10.1. The van der Waals surface area contributed by atoms with E-state index in [0.29, 0.717) is 5.75 Å². The number of rotatable bonds is 8. The fourth-order valence-corrected chi connectivity index (χ4v) is 4.30. The summed E-state index contributed by atoms with van der Waals surface area (Å²) in [5.74, 6) is 0.343. The van der Waals surface area contributed by atoms with Crippen molar-refractivity contribution in [2.45, 2.75) is 75.8 Å². The lowest BCUT2D eigenvalue weighted by Crippen LogP contribution is -2.37. The van der Waals surface area contributed by atoms with Crippen molar-refractivity contribution < 1.29 is 17.9 Å². The Labute approximate surface area is 156 Å². The Morgan fingerprint density at radius 1 is 1.15 bits per heavy atom. The zero-order valence-electron chi connectivity index (χ0n) is 15.7. The van der Waals surface area contributed by atoms with Crippen LogP contribution in [0.1, 0.15) is 58.8 Å². The number of benzene rings is 1. The lowest BCUT2D eigenvalue weighted by Gasteiger charge is -2.16. The molecule has 0 spiro atoms. The molecule has 1 saturated carbocycles. The molecule has 2 N–H and O–H groups in total. The van der Waals surface area contributed by atoms with E-state index in [9.17, 15) is 13.2 Å². The molecule has 6 nitrogen and oxygen atoms in total. The van der Waals surface area contributed by atoms with Gasteiger partial charge >= 0.3 is 0 Å². The van der Waals surface area contributed by atoms with E-state index < -0.39 is 10.0 Å². The van der Waals surface area contributed by atoms with Crippen molar-refractivity contribution in [2.24, 2.45) is 0 Å². The Balaban J connectivity index is 1.84. The molecular weight excluding hydrogens is 352 g/mol. The number of hydrogen-bond donors (Lipinski definition) is 2. The van der Waals surface area contributed by atoms with Crippen molar-refractivity contribution in [1.82, 2.24) is 10.0 Å². The van der Waals surface area contributed by atoms with Crippen LogP contribution in [0.15, 0.2) is 29.2 Å². The van der Waals surface area contributed by atoms with Gasteiger partial charge in [0, 0.05) is 12.1 Å². The average Bonchev–Trinajstić information content (AvgIpc) is 2.88. The largest absolute Gasteiger partial charge is 0.484 e. The number of carbonyl (C=O) groups excluding carboxylic acids is 1. The van der Waals surface area contributed by atoms with Crippen molar-refractivity contribution >= 4 is 15.9 Å². The molecule has 0 radical (unpaired) electrons. The highest BCUT2D eigenvalue weighted by molar-refractivity contribution is 7.89. The number of carbonyl (C=O) groups is 1. The highest BCUT2D eigenvalue weighted by atomic mass is 32.2. The minimum atomic E-state index is -3.53. The first kappa shape index (κ1) is 20.7. The molecular formula is C19H30N2O4S. The second-order valence-corrected chi connectivity index (χ2v) is 8.66. The van der Waals surface area contributed by atoms with Crippen LogP contribution in [0.4, 0.5) is 0 Å². The van der Waals surface area contributed by atoms with Gasteiger partial charge in [-0.15, -0.1) is 0 Å². The van der Waals surface area contributed by atoms with E-state index in [1.54, 1.807) is 12.1 Å². The van der Waals surface area contributed by atoms with Crippen molar-refractivity contribution in [2.75, 3.05) is 6.61 Å². The van der Waals surface area contributed by atoms with E-state index in [-0.39, 0.29) is 29.5 Å². The van der Waals surface area contributed by atoms with E-state index >= 15 is 0 Å². The summed E-state index contributed by atoms with van der Waals surface area (Å²) in [7, 11) is -3.53. The van der Waals surface area contributed by atoms with Gasteiger partial charge in [-0.2, -0.15) is 0 Å². The van der Waals surface area contributed by atoms with E-state index in [2.05, 4.69) is 10.0 Å². The number of hydrogen-bond acceptors (Lipinski definition) is 4. The molecule has 0 heterocycles. The lowest BCUT2D eigenvalue weighted by molar-refractivity contribution is -0.123. The van der Waals surface area contributed by atoms with Gasteiger partial charge in [0.25, 0.3) is 5.91 Å². The van der Waals surface area contributed by atoms with Gasteiger partial charge in [-0.3, -0.25) is 4.79 Å². The van der Waals surface area contributed by atoms with Crippen LogP contribution in [0.2, 0.25) is 0 Å². The highest BCUT2D eigenvalue weighted by Crippen LogP contribution is 2.18. The van der Waals surface area contributed by atoms with Gasteiger partial charge in [-0.25, -0.2) is 13.1 Å². The molecule has 1 aliphatic carbocycles. The maximum atomic E-state index is 12.2. The summed E-state index contributed by atoms with van der Waals surface area (Å²) in [5.41, 5.74) is 0. The Bertz CT molecular complexity index is 665. The maximum absolute atomic E-state index is 12.2. The van der Waals surface area contributed by atoms with E-state index in [0.717, 1.165) is 32.1 Å². The smallest absolute Gasteiger partial charge is 0.258 e. The SMILES string of the molecule is CCC(C)NS(=O)(=O)c1ccc(OCC(=O)NC2CCCCCC2)cc1. The number of ether oxygens (including phenoxy) is 1. The minimum absolute atomic E-state index is 0.0618. The molecule has 1 fully saturated rings. The summed E-state index contributed by atoms with van der Waals surface area (Å²) in [6.07, 6.45) is 7.58. The second-order valence-electron chi connectivity index (χ2n) is 6.95. The minimum Gasteiger partial charge on any atom is -0.484 e. The first-order valence-corrected chi connectivity index (χ1v) is 10.9. The third-order valence-electron chi connectivity index (χ3n) is 4.69. The Morgan fingerprint density at radius 3 is 2.35 bits per heavy atom. The summed E-state index contributed by atoms with van der Waals surface area (Å²) < 4.78 is 32.5. The molecule has 0 aromatic heterocycles. The molecule has 26 heavy (non-hydrogen) atoms. The van der Waals surface area contributed by atoms with Gasteiger partial charge in [-0.05, 0) is 50.5 Å². The Morgan fingerprint density at radius 2 is 1.77 bits per heavy atom. The molecule has 1 unspecified atom stereocenters. The summed E-state index contributed by atoms with van der Waals surface area (Å²) in [5, 5.41) is 3.02.